The van der Waals surface area contributed by atoms with E-state index in [1.165, 1.54) is 0 Å². The molecule has 2 aromatic rings. The Morgan fingerprint density at radius 1 is 1.09 bits per heavy atom. The van der Waals surface area contributed by atoms with Gasteiger partial charge in [0.15, 0.2) is 12.4 Å². The number of nitrogens with one attached hydrogen (secondary N) is 2. The van der Waals surface area contributed by atoms with E-state index in [9.17, 15) is 9.59 Å². The number of halogens is 1. The van der Waals surface area contributed by atoms with Crippen molar-refractivity contribution in [2.24, 2.45) is 15.6 Å². The smallest absolute Gasteiger partial charge is 0.344 e. The number of hydrogen-bond donors (Lipinski definition) is 2. The molecular weight excluding hydrogens is 444 g/mol. The van der Waals surface area contributed by atoms with Gasteiger partial charge in [0.1, 0.15) is 11.3 Å². The Hall–Kier alpha value is -3.39. The number of azo groups is 1. The van der Waals surface area contributed by atoms with Crippen molar-refractivity contribution in [3.8, 4) is 5.75 Å². The van der Waals surface area contributed by atoms with E-state index >= 15 is 0 Å². The number of urea groups is 1. The van der Waals surface area contributed by atoms with Crippen LogP contribution in [0.4, 0.5) is 10.5 Å². The molecule has 1 aliphatic rings. The Morgan fingerprint density at radius 2 is 1.82 bits per heavy atom. The summed E-state index contributed by atoms with van der Waals surface area (Å²) >= 11 is 5.88. The molecule has 1 atom stereocenters. The molecule has 2 amide bonds. The quantitative estimate of drug-likeness (QED) is 0.510. The summed E-state index contributed by atoms with van der Waals surface area (Å²) < 4.78 is 10.5. The van der Waals surface area contributed by atoms with Gasteiger partial charge < -0.3 is 14.8 Å². The van der Waals surface area contributed by atoms with Crippen molar-refractivity contribution in [3.63, 3.8) is 0 Å². The number of amides is 2. The number of nitrogens with zero attached hydrogens (tertiary/aromatic N) is 2. The molecule has 1 aliphatic heterocycles. The first-order valence-electron chi connectivity index (χ1n) is 10.5. The third-order valence-corrected chi connectivity index (χ3v) is 5.34. The first-order chi connectivity index (χ1) is 15.6. The van der Waals surface area contributed by atoms with Crippen LogP contribution in [0.3, 0.4) is 0 Å². The maximum Gasteiger partial charge on any atom is 0.344 e. The largest absolute Gasteiger partial charge is 0.482 e. The number of hydrogen-bond acceptors (Lipinski definition) is 6. The van der Waals surface area contributed by atoms with Crippen LogP contribution in [0.15, 0.2) is 70.7 Å². The second kappa shape index (κ2) is 10.0. The highest BCUT2D eigenvalue weighted by atomic mass is 35.5. The van der Waals surface area contributed by atoms with Crippen LogP contribution in [-0.2, 0) is 15.1 Å². The number of benzene rings is 2. The van der Waals surface area contributed by atoms with Crippen LogP contribution in [0.25, 0.3) is 0 Å². The Morgan fingerprint density at radius 3 is 2.48 bits per heavy atom. The van der Waals surface area contributed by atoms with Crippen LogP contribution >= 0.6 is 11.6 Å². The van der Waals surface area contributed by atoms with Crippen molar-refractivity contribution in [2.45, 2.75) is 33.2 Å². The normalized spacial score (nSPS) is 17.3. The van der Waals surface area contributed by atoms with Crippen LogP contribution in [0.5, 0.6) is 5.75 Å². The van der Waals surface area contributed by atoms with E-state index in [1.807, 2.05) is 45.0 Å². The predicted octanol–water partition coefficient (Wildman–Crippen LogP) is 5.65. The topological polar surface area (TPSA) is 101 Å². The fraction of sp³-hybridized carbons (Fsp3) is 0.333. The molecular formula is C24H27ClN4O4. The summed E-state index contributed by atoms with van der Waals surface area (Å²) in [6.45, 7) is 7.95. The van der Waals surface area contributed by atoms with E-state index in [0.717, 1.165) is 5.56 Å². The fourth-order valence-corrected chi connectivity index (χ4v) is 3.50. The van der Waals surface area contributed by atoms with Crippen LogP contribution in [0, 0.1) is 5.41 Å². The zero-order valence-corrected chi connectivity index (χ0v) is 19.8. The van der Waals surface area contributed by atoms with E-state index in [-0.39, 0.29) is 12.0 Å². The van der Waals surface area contributed by atoms with Crippen molar-refractivity contribution < 1.29 is 19.1 Å². The zero-order chi connectivity index (χ0) is 24.1. The molecule has 3 rings (SSSR count). The van der Waals surface area contributed by atoms with Gasteiger partial charge in [-0.15, -0.1) is 5.11 Å². The Balaban J connectivity index is 1.79. The van der Waals surface area contributed by atoms with Gasteiger partial charge in [0, 0.05) is 10.7 Å². The lowest BCUT2D eigenvalue weighted by Crippen LogP contribution is -2.36. The van der Waals surface area contributed by atoms with Gasteiger partial charge in [-0.25, -0.2) is 9.59 Å². The number of rotatable bonds is 7. The van der Waals surface area contributed by atoms with Crippen LogP contribution in [0.1, 0.15) is 33.3 Å². The molecule has 1 heterocycles. The summed E-state index contributed by atoms with van der Waals surface area (Å²) in [7, 11) is 0. The maximum atomic E-state index is 12.4. The SMILES string of the molecule is CCOC(=O)COc1cccc(C2(C(C)(C)C)C=C(NC(=O)Nc3ccc(Cl)cc3)N=N2)c1. The number of carbonyl (C=O) groups is 2. The van der Waals surface area contributed by atoms with Crippen LogP contribution in [0.2, 0.25) is 5.02 Å². The number of ether oxygens (including phenoxy) is 2. The van der Waals surface area contributed by atoms with E-state index in [1.54, 1.807) is 37.3 Å². The van der Waals surface area contributed by atoms with Gasteiger partial charge in [0.2, 0.25) is 0 Å². The summed E-state index contributed by atoms with van der Waals surface area (Å²) in [6, 6.07) is 13.6. The van der Waals surface area contributed by atoms with E-state index in [0.29, 0.717) is 28.9 Å². The van der Waals surface area contributed by atoms with Gasteiger partial charge in [0.25, 0.3) is 0 Å². The molecule has 9 heteroatoms. The van der Waals surface area contributed by atoms with Crippen LogP contribution < -0.4 is 15.4 Å². The fourth-order valence-electron chi connectivity index (χ4n) is 3.37. The van der Waals surface area contributed by atoms with Gasteiger partial charge in [-0.1, -0.05) is 44.5 Å². The standard InChI is InChI=1S/C24H27ClN4O4/c1-5-32-21(30)15-33-19-8-6-7-16(13-19)24(23(2,3)4)14-20(28-29-24)27-22(31)26-18-11-9-17(25)10-12-18/h6-14H,5,15H2,1-4H3,(H2,26,27,31). The second-order valence-electron chi connectivity index (χ2n) is 8.45. The zero-order valence-electron chi connectivity index (χ0n) is 19.0. The minimum atomic E-state index is -0.848. The molecule has 0 saturated heterocycles. The number of esters is 1. The minimum absolute atomic E-state index is 0.186. The van der Waals surface area contributed by atoms with Crippen molar-refractivity contribution in [3.05, 3.63) is 71.0 Å². The lowest BCUT2D eigenvalue weighted by atomic mass is 9.70. The Kier molecular flexibility index (Phi) is 7.38. The minimum Gasteiger partial charge on any atom is -0.482 e. The molecule has 33 heavy (non-hydrogen) atoms. The van der Waals surface area contributed by atoms with Gasteiger partial charge in [-0.3, -0.25) is 5.32 Å². The summed E-state index contributed by atoms with van der Waals surface area (Å²) in [5, 5.41) is 14.8. The molecule has 1 unspecified atom stereocenters. The average Bonchev–Trinajstić information content (AvgIpc) is 3.19. The van der Waals surface area contributed by atoms with Gasteiger partial charge >= 0.3 is 12.0 Å². The van der Waals surface area contributed by atoms with E-state index in [2.05, 4.69) is 20.9 Å². The molecule has 0 aromatic heterocycles. The molecule has 0 bridgehead atoms. The molecule has 174 valence electrons. The van der Waals surface area contributed by atoms with Crippen molar-refractivity contribution >= 4 is 29.3 Å². The lowest BCUT2D eigenvalue weighted by Gasteiger charge is -2.36. The van der Waals surface area contributed by atoms with Crippen molar-refractivity contribution in [1.29, 1.82) is 0 Å². The molecule has 2 N–H and O–H groups in total. The number of carbonyl (C=O) groups excluding carboxylic acids is 2. The molecule has 0 saturated carbocycles. The molecule has 8 nitrogen and oxygen atoms in total. The van der Waals surface area contributed by atoms with Gasteiger partial charge in [0.05, 0.1) is 6.61 Å². The predicted molar refractivity (Wildman–Crippen MR) is 126 cm³/mol. The summed E-state index contributed by atoms with van der Waals surface area (Å²) in [5.74, 6) is 0.399. The molecule has 0 fully saturated rings. The first-order valence-corrected chi connectivity index (χ1v) is 10.9. The highest BCUT2D eigenvalue weighted by molar-refractivity contribution is 6.30. The third-order valence-electron chi connectivity index (χ3n) is 5.08. The molecule has 0 spiro atoms. The molecule has 0 aliphatic carbocycles. The maximum absolute atomic E-state index is 12.4. The van der Waals surface area contributed by atoms with Crippen molar-refractivity contribution in [1.82, 2.24) is 5.32 Å². The van der Waals surface area contributed by atoms with Gasteiger partial charge in [-0.2, -0.15) is 5.11 Å². The lowest BCUT2D eigenvalue weighted by molar-refractivity contribution is -0.145. The van der Waals surface area contributed by atoms with Crippen molar-refractivity contribution in [2.75, 3.05) is 18.5 Å². The molecule has 2 aromatic carbocycles. The monoisotopic (exact) mass is 470 g/mol. The Labute approximate surface area is 198 Å². The summed E-state index contributed by atoms with van der Waals surface area (Å²) in [6.07, 6.45) is 1.82. The highest BCUT2D eigenvalue weighted by Crippen LogP contribution is 2.48. The van der Waals surface area contributed by atoms with Crippen LogP contribution in [-0.4, -0.2) is 25.2 Å². The third kappa shape index (κ3) is 5.90. The second-order valence-corrected chi connectivity index (χ2v) is 8.89. The van der Waals surface area contributed by atoms with E-state index < -0.39 is 17.5 Å². The highest BCUT2D eigenvalue weighted by Gasteiger charge is 2.45. The van der Waals surface area contributed by atoms with E-state index in [4.69, 9.17) is 21.1 Å². The Bertz CT molecular complexity index is 1080. The molecule has 0 radical (unpaired) electrons. The summed E-state index contributed by atoms with van der Waals surface area (Å²) in [5.41, 5.74) is 0.182. The average molecular weight is 471 g/mol. The number of anilines is 1. The first kappa shape index (κ1) is 24.3. The van der Waals surface area contributed by atoms with Gasteiger partial charge in [-0.05, 0) is 60.4 Å². The summed E-state index contributed by atoms with van der Waals surface area (Å²) in [4.78, 5) is 24.1.